The standard InChI is InChI=1S/C16H19N3O/c1-2-20-15-7-4-9-18-16(15)19-10-8-13-12(11-19)5-3-6-14(13)17/h3-7,9H,2,8,10-11,17H2,1H3. The molecule has 0 radical (unpaired) electrons. The highest BCUT2D eigenvalue weighted by Gasteiger charge is 2.21. The lowest BCUT2D eigenvalue weighted by Gasteiger charge is -2.31. The van der Waals surface area contributed by atoms with E-state index < -0.39 is 0 Å². The van der Waals surface area contributed by atoms with Crippen molar-refractivity contribution in [1.82, 2.24) is 4.98 Å². The first kappa shape index (κ1) is 12.8. The Morgan fingerprint density at radius 2 is 2.20 bits per heavy atom. The van der Waals surface area contributed by atoms with E-state index in [1.54, 1.807) is 0 Å². The van der Waals surface area contributed by atoms with Crippen molar-refractivity contribution in [2.24, 2.45) is 0 Å². The SMILES string of the molecule is CCOc1cccnc1N1CCc2c(N)cccc2C1. The quantitative estimate of drug-likeness (QED) is 0.870. The lowest BCUT2D eigenvalue weighted by Crippen LogP contribution is -2.31. The number of ether oxygens (including phenoxy) is 1. The fraction of sp³-hybridized carbons (Fsp3) is 0.312. The Hall–Kier alpha value is -2.23. The van der Waals surface area contributed by atoms with E-state index in [1.807, 2.05) is 37.4 Å². The Morgan fingerprint density at radius 3 is 3.05 bits per heavy atom. The minimum atomic E-state index is 0.649. The maximum atomic E-state index is 6.04. The number of hydrogen-bond donors (Lipinski definition) is 1. The van der Waals surface area contributed by atoms with Gasteiger partial charge >= 0.3 is 0 Å². The monoisotopic (exact) mass is 269 g/mol. The van der Waals surface area contributed by atoms with Crippen LogP contribution in [0.25, 0.3) is 0 Å². The van der Waals surface area contributed by atoms with E-state index in [4.69, 9.17) is 10.5 Å². The summed E-state index contributed by atoms with van der Waals surface area (Å²) in [7, 11) is 0. The van der Waals surface area contributed by atoms with E-state index >= 15 is 0 Å². The van der Waals surface area contributed by atoms with Crippen molar-refractivity contribution in [2.75, 3.05) is 23.8 Å². The van der Waals surface area contributed by atoms with Gasteiger partial charge in [0.05, 0.1) is 6.61 Å². The van der Waals surface area contributed by atoms with Gasteiger partial charge < -0.3 is 15.4 Å². The summed E-state index contributed by atoms with van der Waals surface area (Å²) in [5, 5.41) is 0. The second kappa shape index (κ2) is 5.41. The van der Waals surface area contributed by atoms with Crippen LogP contribution >= 0.6 is 0 Å². The molecule has 1 aromatic carbocycles. The number of hydrogen-bond acceptors (Lipinski definition) is 4. The van der Waals surface area contributed by atoms with Gasteiger partial charge in [-0.1, -0.05) is 12.1 Å². The van der Waals surface area contributed by atoms with E-state index in [9.17, 15) is 0 Å². The molecular formula is C16H19N3O. The van der Waals surface area contributed by atoms with Gasteiger partial charge in [0, 0.05) is 25.0 Å². The number of benzene rings is 1. The summed E-state index contributed by atoms with van der Waals surface area (Å²) in [6, 6.07) is 10.0. The number of aromatic nitrogens is 1. The fourth-order valence-corrected chi connectivity index (χ4v) is 2.71. The van der Waals surface area contributed by atoms with E-state index in [2.05, 4.69) is 16.0 Å². The van der Waals surface area contributed by atoms with Crippen LogP contribution < -0.4 is 15.4 Å². The van der Waals surface area contributed by atoms with Gasteiger partial charge in [0.2, 0.25) is 0 Å². The third-order valence-corrected chi connectivity index (χ3v) is 3.65. The summed E-state index contributed by atoms with van der Waals surface area (Å²) in [5.74, 6) is 1.77. The first-order valence-corrected chi connectivity index (χ1v) is 6.98. The lowest BCUT2D eigenvalue weighted by molar-refractivity contribution is 0.338. The zero-order valence-corrected chi connectivity index (χ0v) is 11.7. The molecular weight excluding hydrogens is 250 g/mol. The number of nitrogen functional groups attached to an aromatic ring is 1. The van der Waals surface area contributed by atoms with Crippen LogP contribution in [0.2, 0.25) is 0 Å². The first-order chi connectivity index (χ1) is 9.79. The number of nitrogens with zero attached hydrogens (tertiary/aromatic N) is 2. The molecule has 1 aliphatic rings. The van der Waals surface area contributed by atoms with Gasteiger partial charge in [0.1, 0.15) is 0 Å². The summed E-state index contributed by atoms with van der Waals surface area (Å²) < 4.78 is 5.67. The maximum Gasteiger partial charge on any atom is 0.171 e. The van der Waals surface area contributed by atoms with Gasteiger partial charge in [-0.2, -0.15) is 0 Å². The summed E-state index contributed by atoms with van der Waals surface area (Å²) >= 11 is 0. The molecule has 4 heteroatoms. The molecule has 0 amide bonds. The largest absolute Gasteiger partial charge is 0.490 e. The van der Waals surface area contributed by atoms with Gasteiger partial charge in [0.25, 0.3) is 0 Å². The Labute approximate surface area is 119 Å². The van der Waals surface area contributed by atoms with E-state index in [0.29, 0.717) is 6.61 Å². The third-order valence-electron chi connectivity index (χ3n) is 3.65. The van der Waals surface area contributed by atoms with Gasteiger partial charge in [-0.3, -0.25) is 0 Å². The average molecular weight is 269 g/mol. The van der Waals surface area contributed by atoms with Crippen molar-refractivity contribution < 1.29 is 4.74 Å². The summed E-state index contributed by atoms with van der Waals surface area (Å²) in [5.41, 5.74) is 9.50. The van der Waals surface area contributed by atoms with Crippen LogP contribution in [0.15, 0.2) is 36.5 Å². The zero-order valence-electron chi connectivity index (χ0n) is 11.7. The molecule has 2 aromatic rings. The number of nitrogens with two attached hydrogens (primary N) is 1. The summed E-state index contributed by atoms with van der Waals surface area (Å²) in [6.07, 6.45) is 2.76. The second-order valence-corrected chi connectivity index (χ2v) is 4.91. The molecule has 20 heavy (non-hydrogen) atoms. The lowest BCUT2D eigenvalue weighted by atomic mass is 9.98. The van der Waals surface area contributed by atoms with Gasteiger partial charge in [-0.05, 0) is 42.7 Å². The van der Waals surface area contributed by atoms with Gasteiger partial charge in [-0.15, -0.1) is 0 Å². The second-order valence-electron chi connectivity index (χ2n) is 4.91. The molecule has 0 bridgehead atoms. The topological polar surface area (TPSA) is 51.4 Å². The molecule has 104 valence electrons. The number of fused-ring (bicyclic) bond motifs is 1. The minimum Gasteiger partial charge on any atom is -0.490 e. The highest BCUT2D eigenvalue weighted by atomic mass is 16.5. The Kier molecular flexibility index (Phi) is 3.46. The van der Waals surface area contributed by atoms with Crippen molar-refractivity contribution in [3.63, 3.8) is 0 Å². The van der Waals surface area contributed by atoms with Crippen molar-refractivity contribution in [1.29, 1.82) is 0 Å². The van der Waals surface area contributed by atoms with Crippen LogP contribution in [0.4, 0.5) is 11.5 Å². The normalized spacial score (nSPS) is 13.9. The zero-order chi connectivity index (χ0) is 13.9. The van der Waals surface area contributed by atoms with E-state index in [-0.39, 0.29) is 0 Å². The highest BCUT2D eigenvalue weighted by molar-refractivity contribution is 5.58. The smallest absolute Gasteiger partial charge is 0.171 e. The first-order valence-electron chi connectivity index (χ1n) is 6.98. The average Bonchev–Trinajstić information content (AvgIpc) is 2.48. The summed E-state index contributed by atoms with van der Waals surface area (Å²) in [4.78, 5) is 6.74. The molecule has 0 fully saturated rings. The number of pyridine rings is 1. The van der Waals surface area contributed by atoms with Crippen molar-refractivity contribution in [2.45, 2.75) is 19.9 Å². The van der Waals surface area contributed by atoms with E-state index in [1.165, 1.54) is 11.1 Å². The predicted octanol–water partition coefficient (Wildman–Crippen LogP) is 2.63. The summed E-state index contributed by atoms with van der Waals surface area (Å²) in [6.45, 7) is 4.38. The fourth-order valence-electron chi connectivity index (χ4n) is 2.71. The molecule has 1 aliphatic heterocycles. The van der Waals surface area contributed by atoms with Crippen LogP contribution in [0.5, 0.6) is 5.75 Å². The Bertz CT molecular complexity index is 612. The van der Waals surface area contributed by atoms with Crippen molar-refractivity contribution in [3.8, 4) is 5.75 Å². The molecule has 3 rings (SSSR count). The molecule has 0 aliphatic carbocycles. The van der Waals surface area contributed by atoms with Gasteiger partial charge in [-0.25, -0.2) is 4.98 Å². The molecule has 0 spiro atoms. The van der Waals surface area contributed by atoms with Crippen molar-refractivity contribution in [3.05, 3.63) is 47.7 Å². The Balaban J connectivity index is 1.91. The minimum absolute atomic E-state index is 0.649. The molecule has 2 N–H and O–H groups in total. The molecule has 1 aromatic heterocycles. The molecule has 0 atom stereocenters. The van der Waals surface area contributed by atoms with Gasteiger partial charge in [0.15, 0.2) is 11.6 Å². The highest BCUT2D eigenvalue weighted by Crippen LogP contribution is 2.31. The predicted molar refractivity (Wildman–Crippen MR) is 81.0 cm³/mol. The molecule has 0 saturated heterocycles. The van der Waals surface area contributed by atoms with Crippen LogP contribution in [0.3, 0.4) is 0 Å². The van der Waals surface area contributed by atoms with Crippen LogP contribution in [0.1, 0.15) is 18.1 Å². The van der Waals surface area contributed by atoms with Crippen LogP contribution in [0, 0.1) is 0 Å². The van der Waals surface area contributed by atoms with Crippen LogP contribution in [-0.4, -0.2) is 18.1 Å². The number of rotatable bonds is 3. The molecule has 0 saturated carbocycles. The molecule has 4 nitrogen and oxygen atoms in total. The molecule has 2 heterocycles. The third kappa shape index (κ3) is 2.29. The Morgan fingerprint density at radius 1 is 1.30 bits per heavy atom. The maximum absolute atomic E-state index is 6.04. The van der Waals surface area contributed by atoms with Crippen LogP contribution in [-0.2, 0) is 13.0 Å². The number of anilines is 2. The van der Waals surface area contributed by atoms with E-state index in [0.717, 1.165) is 36.8 Å². The van der Waals surface area contributed by atoms with Crippen molar-refractivity contribution >= 4 is 11.5 Å². The molecule has 0 unspecified atom stereocenters.